The Labute approximate surface area is 185 Å². The summed E-state index contributed by atoms with van der Waals surface area (Å²) >= 11 is 1.60. The summed E-state index contributed by atoms with van der Waals surface area (Å²) < 4.78 is 2.08. The molecule has 0 saturated carbocycles. The molecule has 3 aromatic rings. The van der Waals surface area contributed by atoms with Crippen molar-refractivity contribution in [3.8, 4) is 22.3 Å². The maximum atomic E-state index is 13.4. The first-order chi connectivity index (χ1) is 15.0. The van der Waals surface area contributed by atoms with Crippen LogP contribution in [0.5, 0.6) is 0 Å². The number of aryl methyl sites for hydroxylation is 1. The zero-order chi connectivity index (χ0) is 21.7. The van der Waals surface area contributed by atoms with Crippen LogP contribution in [0.3, 0.4) is 0 Å². The summed E-state index contributed by atoms with van der Waals surface area (Å²) in [6.45, 7) is 4.28. The molecule has 2 aromatic heterocycles. The molecule has 2 aliphatic heterocycles. The molecule has 2 aliphatic rings. The lowest BCUT2D eigenvalue weighted by Crippen LogP contribution is -2.36. The second kappa shape index (κ2) is 7.72. The molecule has 0 amide bonds. The first kappa shape index (κ1) is 20.1. The van der Waals surface area contributed by atoms with E-state index in [0.29, 0.717) is 23.7 Å². The second-order valence-electron chi connectivity index (χ2n) is 8.46. The fourth-order valence-corrected chi connectivity index (χ4v) is 5.92. The van der Waals surface area contributed by atoms with Gasteiger partial charge in [-0.3, -0.25) is 9.69 Å². The molecule has 2 saturated heterocycles. The van der Waals surface area contributed by atoms with E-state index in [0.717, 1.165) is 46.2 Å². The highest BCUT2D eigenvalue weighted by molar-refractivity contribution is 7.15. The topological polar surface area (TPSA) is 82.2 Å². The molecule has 31 heavy (non-hydrogen) atoms. The highest BCUT2D eigenvalue weighted by atomic mass is 32.1. The molecule has 3 atom stereocenters. The first-order valence-electron chi connectivity index (χ1n) is 10.6. The first-order valence-corrected chi connectivity index (χ1v) is 11.4. The van der Waals surface area contributed by atoms with Gasteiger partial charge in [-0.25, -0.2) is 4.98 Å². The summed E-state index contributed by atoms with van der Waals surface area (Å²) in [5.41, 5.74) is 4.02. The van der Waals surface area contributed by atoms with Gasteiger partial charge in [-0.05, 0) is 63.4 Å². The maximum absolute atomic E-state index is 13.4. The number of aromatic nitrogens is 2. The number of nitriles is 1. The molecule has 0 radical (unpaired) electrons. The van der Waals surface area contributed by atoms with E-state index in [1.807, 2.05) is 38.2 Å². The number of Topliss-reactive ketones (excluding diaryl/α,β-unsaturated/α-hetero) is 1. The number of benzene rings is 1. The van der Waals surface area contributed by atoms with Gasteiger partial charge in [0.25, 0.3) is 0 Å². The van der Waals surface area contributed by atoms with Gasteiger partial charge >= 0.3 is 0 Å². The number of carbonyl (C=O) groups is 1. The van der Waals surface area contributed by atoms with Crippen LogP contribution in [0.15, 0.2) is 36.5 Å². The molecule has 2 bridgehead atoms. The van der Waals surface area contributed by atoms with Crippen molar-refractivity contribution in [2.24, 2.45) is 0 Å². The van der Waals surface area contributed by atoms with Crippen LogP contribution in [-0.4, -0.2) is 50.1 Å². The van der Waals surface area contributed by atoms with Crippen molar-refractivity contribution in [1.82, 2.24) is 14.5 Å². The average molecular weight is 433 g/mol. The van der Waals surface area contributed by atoms with Gasteiger partial charge in [-0.15, -0.1) is 11.3 Å². The number of aliphatic hydroxyl groups is 1. The third-order valence-electron chi connectivity index (χ3n) is 6.65. The Kier molecular flexibility index (Phi) is 5.01. The number of thiazole rings is 1. The lowest BCUT2D eigenvalue weighted by molar-refractivity contribution is 0.0873. The van der Waals surface area contributed by atoms with Crippen LogP contribution >= 0.6 is 11.3 Å². The number of ketones is 1. The van der Waals surface area contributed by atoms with Crippen molar-refractivity contribution < 1.29 is 9.90 Å². The van der Waals surface area contributed by atoms with E-state index >= 15 is 0 Å². The molecule has 7 heteroatoms. The Morgan fingerprint density at radius 3 is 2.65 bits per heavy atom. The van der Waals surface area contributed by atoms with E-state index in [-0.39, 0.29) is 17.9 Å². The summed E-state index contributed by atoms with van der Waals surface area (Å²) in [6.07, 6.45) is 4.34. The summed E-state index contributed by atoms with van der Waals surface area (Å²) in [7, 11) is 0. The van der Waals surface area contributed by atoms with Crippen molar-refractivity contribution in [3.63, 3.8) is 0 Å². The largest absolute Gasteiger partial charge is 0.391 e. The standard InChI is InChI=1S/C24H24N4O2S/c1-14-19(23(30)13-27-18-7-8-20(27)22(29)9-18)10-21(24-12-26-15(2)31-24)28(14)17-5-3-16(11-25)4-6-17/h3-6,10,12,18,20,22,29H,7-9,13H2,1-2H3/t18?,20?,22-/m0/s1. The molecule has 158 valence electrons. The number of carbonyl (C=O) groups excluding carboxylic acids is 1. The molecule has 6 nitrogen and oxygen atoms in total. The minimum atomic E-state index is -0.313. The predicted octanol–water partition coefficient (Wildman–Crippen LogP) is 3.87. The Bertz CT molecular complexity index is 1190. The number of nitrogens with zero attached hydrogens (tertiary/aromatic N) is 4. The van der Waals surface area contributed by atoms with E-state index in [4.69, 9.17) is 5.26 Å². The number of fused-ring (bicyclic) bond motifs is 2. The Morgan fingerprint density at radius 1 is 1.29 bits per heavy atom. The molecule has 2 fully saturated rings. The molecular formula is C24H24N4O2S. The molecule has 0 aliphatic carbocycles. The predicted molar refractivity (Wildman–Crippen MR) is 120 cm³/mol. The van der Waals surface area contributed by atoms with Crippen LogP contribution in [-0.2, 0) is 0 Å². The molecule has 4 heterocycles. The molecule has 1 aromatic carbocycles. The van der Waals surface area contributed by atoms with Crippen LogP contribution in [0.25, 0.3) is 16.3 Å². The zero-order valence-electron chi connectivity index (χ0n) is 17.6. The quantitative estimate of drug-likeness (QED) is 0.619. The number of aliphatic hydroxyl groups excluding tert-OH is 1. The number of hydrogen-bond acceptors (Lipinski definition) is 6. The van der Waals surface area contributed by atoms with Crippen LogP contribution in [0.1, 0.15) is 45.9 Å². The van der Waals surface area contributed by atoms with Crippen molar-refractivity contribution in [2.75, 3.05) is 6.54 Å². The Hall–Kier alpha value is -2.79. The van der Waals surface area contributed by atoms with E-state index in [1.165, 1.54) is 0 Å². The van der Waals surface area contributed by atoms with Gasteiger partial charge in [0.05, 0.1) is 39.9 Å². The minimum Gasteiger partial charge on any atom is -0.391 e. The monoisotopic (exact) mass is 432 g/mol. The molecule has 5 rings (SSSR count). The van der Waals surface area contributed by atoms with Crippen molar-refractivity contribution in [3.05, 3.63) is 58.4 Å². The van der Waals surface area contributed by atoms with Crippen molar-refractivity contribution in [1.29, 1.82) is 5.26 Å². The maximum Gasteiger partial charge on any atom is 0.178 e. The van der Waals surface area contributed by atoms with Crippen molar-refractivity contribution in [2.45, 2.75) is 51.3 Å². The molecule has 2 unspecified atom stereocenters. The normalized spacial score (nSPS) is 22.7. The van der Waals surface area contributed by atoms with Gasteiger partial charge in [0.15, 0.2) is 5.78 Å². The summed E-state index contributed by atoms with van der Waals surface area (Å²) in [4.78, 5) is 21.0. The smallest absolute Gasteiger partial charge is 0.178 e. The van der Waals surface area contributed by atoms with Gasteiger partial charge in [-0.2, -0.15) is 5.26 Å². The van der Waals surface area contributed by atoms with Crippen molar-refractivity contribution >= 4 is 17.1 Å². The minimum absolute atomic E-state index is 0.0818. The lowest BCUT2D eigenvalue weighted by Gasteiger charge is -2.21. The third kappa shape index (κ3) is 3.41. The number of hydrogen-bond donors (Lipinski definition) is 1. The SMILES string of the molecule is Cc1ncc(-c2cc(C(=O)CN3C4CCC3[C@@H](O)C4)c(C)n2-c2ccc(C#N)cc2)s1. The molecular weight excluding hydrogens is 408 g/mol. The van der Waals surface area contributed by atoms with Gasteiger partial charge in [0.2, 0.25) is 0 Å². The molecule has 0 spiro atoms. The fraction of sp³-hybridized carbons (Fsp3) is 0.375. The lowest BCUT2D eigenvalue weighted by atomic mass is 9.98. The van der Waals surface area contributed by atoms with Crippen LogP contribution in [0.4, 0.5) is 0 Å². The molecule has 1 N–H and O–H groups in total. The van der Waals surface area contributed by atoms with E-state index in [2.05, 4.69) is 20.5 Å². The zero-order valence-corrected chi connectivity index (χ0v) is 18.4. The van der Waals surface area contributed by atoms with Crippen LogP contribution in [0, 0.1) is 25.2 Å². The van der Waals surface area contributed by atoms with E-state index in [9.17, 15) is 9.90 Å². The van der Waals surface area contributed by atoms with Gasteiger partial charge in [-0.1, -0.05) is 0 Å². The fourth-order valence-electron chi connectivity index (χ4n) is 5.13. The second-order valence-corrected chi connectivity index (χ2v) is 9.70. The van der Waals surface area contributed by atoms with Gasteiger partial charge in [0, 0.05) is 35.2 Å². The summed E-state index contributed by atoms with van der Waals surface area (Å²) in [5, 5.41) is 20.3. The summed E-state index contributed by atoms with van der Waals surface area (Å²) in [6, 6.07) is 12.0. The summed E-state index contributed by atoms with van der Waals surface area (Å²) in [5.74, 6) is 0.0818. The third-order valence-corrected chi connectivity index (χ3v) is 7.59. The van der Waals surface area contributed by atoms with Crippen LogP contribution < -0.4 is 0 Å². The Morgan fingerprint density at radius 2 is 2.06 bits per heavy atom. The van der Waals surface area contributed by atoms with E-state index in [1.54, 1.807) is 23.5 Å². The van der Waals surface area contributed by atoms with Gasteiger partial charge < -0.3 is 9.67 Å². The highest BCUT2D eigenvalue weighted by Crippen LogP contribution is 2.38. The van der Waals surface area contributed by atoms with Gasteiger partial charge in [0.1, 0.15) is 0 Å². The number of rotatable bonds is 5. The Balaban J connectivity index is 1.54. The highest BCUT2D eigenvalue weighted by Gasteiger charge is 2.46. The van der Waals surface area contributed by atoms with E-state index < -0.39 is 0 Å². The average Bonchev–Trinajstić information content (AvgIpc) is 3.51. The van der Waals surface area contributed by atoms with Crippen LogP contribution in [0.2, 0.25) is 0 Å².